The molecule has 0 bridgehead atoms. The average molecular weight is 287 g/mol. The summed E-state index contributed by atoms with van der Waals surface area (Å²) >= 11 is 0. The second kappa shape index (κ2) is 9.64. The van der Waals surface area contributed by atoms with Crippen LogP contribution >= 0.6 is 12.4 Å². The van der Waals surface area contributed by atoms with Crippen molar-refractivity contribution >= 4 is 24.1 Å². The highest BCUT2D eigenvalue weighted by Gasteiger charge is 2.13. The van der Waals surface area contributed by atoms with Gasteiger partial charge in [0.05, 0.1) is 5.56 Å². The summed E-state index contributed by atoms with van der Waals surface area (Å²) in [6, 6.07) is 5.39. The molecule has 0 unspecified atom stereocenters. The number of ether oxygens (including phenoxy) is 1. The van der Waals surface area contributed by atoms with E-state index in [9.17, 15) is 4.79 Å². The molecule has 0 aliphatic heterocycles. The molecule has 0 spiro atoms. The number of nitrogens with one attached hydrogen (secondary N) is 1. The normalized spacial score (nSPS) is 9.79. The largest absolute Gasteiger partial charge is 0.461 e. The van der Waals surface area contributed by atoms with Crippen molar-refractivity contribution in [2.75, 3.05) is 25.4 Å². The predicted molar refractivity (Wildman–Crippen MR) is 80.9 cm³/mol. The fourth-order valence-corrected chi connectivity index (χ4v) is 1.68. The quantitative estimate of drug-likeness (QED) is 0.459. The minimum atomic E-state index is -0.345. The molecule has 5 heteroatoms. The van der Waals surface area contributed by atoms with E-state index in [1.807, 2.05) is 19.1 Å². The number of unbranched alkanes of at least 4 members (excludes halogenated alkanes) is 1. The Hall–Kier alpha value is -1.26. The van der Waals surface area contributed by atoms with Crippen molar-refractivity contribution < 1.29 is 9.53 Å². The zero-order valence-corrected chi connectivity index (χ0v) is 12.4. The molecule has 1 aromatic rings. The third kappa shape index (κ3) is 5.94. The van der Waals surface area contributed by atoms with Crippen molar-refractivity contribution in [2.24, 2.45) is 0 Å². The number of nitrogens with two attached hydrogens (primary N) is 1. The fraction of sp³-hybridized carbons (Fsp3) is 0.500. The van der Waals surface area contributed by atoms with Gasteiger partial charge >= 0.3 is 5.97 Å². The van der Waals surface area contributed by atoms with E-state index in [1.54, 1.807) is 6.07 Å². The van der Waals surface area contributed by atoms with Crippen LogP contribution in [0.1, 0.15) is 35.7 Å². The number of benzene rings is 1. The van der Waals surface area contributed by atoms with E-state index in [0.717, 1.165) is 24.9 Å². The van der Waals surface area contributed by atoms with Gasteiger partial charge in [-0.1, -0.05) is 25.5 Å². The Labute approximate surface area is 121 Å². The summed E-state index contributed by atoms with van der Waals surface area (Å²) in [7, 11) is 0. The summed E-state index contributed by atoms with van der Waals surface area (Å²) in [5.74, 6) is -0.345. The van der Waals surface area contributed by atoms with Gasteiger partial charge in [-0.15, -0.1) is 12.4 Å². The first-order valence-electron chi connectivity index (χ1n) is 6.39. The lowest BCUT2D eigenvalue weighted by molar-refractivity contribution is 0.0509. The Morgan fingerprint density at radius 3 is 2.74 bits per heavy atom. The third-order valence-electron chi connectivity index (χ3n) is 2.73. The van der Waals surface area contributed by atoms with Crippen molar-refractivity contribution in [3.63, 3.8) is 0 Å². The molecule has 0 aliphatic rings. The van der Waals surface area contributed by atoms with Crippen molar-refractivity contribution in [1.82, 2.24) is 5.32 Å². The van der Waals surface area contributed by atoms with Crippen molar-refractivity contribution in [3.8, 4) is 0 Å². The van der Waals surface area contributed by atoms with Gasteiger partial charge in [0.1, 0.15) is 6.61 Å². The number of nitrogen functional groups attached to an aromatic ring is 1. The molecule has 0 aliphatic carbocycles. The molecule has 0 saturated carbocycles. The molecule has 3 N–H and O–H groups in total. The standard InChI is InChI=1S/C14H22N2O2.ClH/c1-3-4-8-16-9-10-18-14(17)13-11(2)6-5-7-12(13)15;/h5-7,16H,3-4,8-10,15H2,1-2H3;1H. The summed E-state index contributed by atoms with van der Waals surface area (Å²) in [4.78, 5) is 11.8. The number of aryl methyl sites for hydroxylation is 1. The number of anilines is 1. The number of esters is 1. The summed E-state index contributed by atoms with van der Waals surface area (Å²) < 4.78 is 5.19. The number of hydrogen-bond donors (Lipinski definition) is 2. The highest BCUT2D eigenvalue weighted by molar-refractivity contribution is 5.96. The van der Waals surface area contributed by atoms with E-state index in [1.165, 1.54) is 0 Å². The maximum Gasteiger partial charge on any atom is 0.340 e. The Morgan fingerprint density at radius 2 is 2.11 bits per heavy atom. The van der Waals surface area contributed by atoms with Gasteiger partial charge < -0.3 is 15.8 Å². The topological polar surface area (TPSA) is 64.3 Å². The van der Waals surface area contributed by atoms with Crippen LogP contribution < -0.4 is 11.1 Å². The number of halogens is 1. The van der Waals surface area contributed by atoms with Crippen LogP contribution in [-0.2, 0) is 4.74 Å². The Kier molecular flexibility index (Phi) is 9.00. The molecule has 0 aromatic heterocycles. The van der Waals surface area contributed by atoms with Crippen LogP contribution in [0.3, 0.4) is 0 Å². The minimum Gasteiger partial charge on any atom is -0.461 e. The number of carbonyl (C=O) groups is 1. The number of rotatable bonds is 7. The maximum atomic E-state index is 11.8. The first kappa shape index (κ1) is 17.7. The molecule has 19 heavy (non-hydrogen) atoms. The Balaban J connectivity index is 0.00000324. The van der Waals surface area contributed by atoms with E-state index in [4.69, 9.17) is 10.5 Å². The van der Waals surface area contributed by atoms with Crippen LogP contribution in [0.15, 0.2) is 18.2 Å². The van der Waals surface area contributed by atoms with Crippen LogP contribution in [0, 0.1) is 6.92 Å². The monoisotopic (exact) mass is 286 g/mol. The zero-order chi connectivity index (χ0) is 13.4. The van der Waals surface area contributed by atoms with Crippen molar-refractivity contribution in [1.29, 1.82) is 0 Å². The molecule has 0 radical (unpaired) electrons. The molecule has 0 amide bonds. The Morgan fingerprint density at radius 1 is 1.37 bits per heavy atom. The van der Waals surface area contributed by atoms with Crippen molar-refractivity contribution in [2.45, 2.75) is 26.7 Å². The summed E-state index contributed by atoms with van der Waals surface area (Å²) in [5.41, 5.74) is 7.57. The lowest BCUT2D eigenvalue weighted by Gasteiger charge is -2.09. The van der Waals surface area contributed by atoms with E-state index in [2.05, 4.69) is 12.2 Å². The second-order valence-corrected chi connectivity index (χ2v) is 4.28. The van der Waals surface area contributed by atoms with E-state index >= 15 is 0 Å². The van der Waals surface area contributed by atoms with Crippen LogP contribution in [0.2, 0.25) is 0 Å². The smallest absolute Gasteiger partial charge is 0.340 e. The van der Waals surface area contributed by atoms with Gasteiger partial charge in [-0.3, -0.25) is 0 Å². The minimum absolute atomic E-state index is 0. The van der Waals surface area contributed by atoms with Crippen LogP contribution in [0.5, 0.6) is 0 Å². The molecule has 108 valence electrons. The molecular formula is C14H23ClN2O2. The lowest BCUT2D eigenvalue weighted by atomic mass is 10.1. The van der Waals surface area contributed by atoms with E-state index in [0.29, 0.717) is 24.4 Å². The summed E-state index contributed by atoms with van der Waals surface area (Å²) in [6.07, 6.45) is 2.30. The molecule has 1 rings (SSSR count). The van der Waals surface area contributed by atoms with Gasteiger partial charge in [-0.2, -0.15) is 0 Å². The highest BCUT2D eigenvalue weighted by atomic mass is 35.5. The number of hydrogen-bond acceptors (Lipinski definition) is 4. The van der Waals surface area contributed by atoms with Crippen molar-refractivity contribution in [3.05, 3.63) is 29.3 Å². The molecule has 0 saturated heterocycles. The van der Waals surface area contributed by atoms with Gasteiger partial charge in [-0.25, -0.2) is 4.79 Å². The molecule has 0 heterocycles. The maximum absolute atomic E-state index is 11.8. The molecule has 1 aromatic carbocycles. The van der Waals surface area contributed by atoms with Gasteiger partial charge in [0.25, 0.3) is 0 Å². The molecule has 0 fully saturated rings. The van der Waals surface area contributed by atoms with E-state index < -0.39 is 0 Å². The highest BCUT2D eigenvalue weighted by Crippen LogP contribution is 2.17. The molecule has 0 atom stereocenters. The van der Waals surface area contributed by atoms with Gasteiger partial charge in [0.15, 0.2) is 0 Å². The predicted octanol–water partition coefficient (Wildman–Crippen LogP) is 2.55. The molecule has 4 nitrogen and oxygen atoms in total. The summed E-state index contributed by atoms with van der Waals surface area (Å²) in [6.45, 7) is 6.00. The second-order valence-electron chi connectivity index (χ2n) is 4.28. The van der Waals surface area contributed by atoms with Crippen LogP contribution in [-0.4, -0.2) is 25.7 Å². The average Bonchev–Trinajstić information content (AvgIpc) is 2.33. The number of carbonyl (C=O) groups excluding carboxylic acids is 1. The van der Waals surface area contributed by atoms with Crippen LogP contribution in [0.4, 0.5) is 5.69 Å². The lowest BCUT2D eigenvalue weighted by Crippen LogP contribution is -2.22. The first-order chi connectivity index (χ1) is 8.66. The molecular weight excluding hydrogens is 264 g/mol. The summed E-state index contributed by atoms with van der Waals surface area (Å²) in [5, 5.41) is 3.21. The fourth-order valence-electron chi connectivity index (χ4n) is 1.68. The Bertz CT molecular complexity index is 377. The van der Waals surface area contributed by atoms with Crippen LogP contribution in [0.25, 0.3) is 0 Å². The van der Waals surface area contributed by atoms with Gasteiger partial charge in [0, 0.05) is 12.2 Å². The third-order valence-corrected chi connectivity index (χ3v) is 2.73. The van der Waals surface area contributed by atoms with Gasteiger partial charge in [0.2, 0.25) is 0 Å². The zero-order valence-electron chi connectivity index (χ0n) is 11.6. The first-order valence-corrected chi connectivity index (χ1v) is 6.39. The van der Waals surface area contributed by atoms with Gasteiger partial charge in [-0.05, 0) is 31.5 Å². The SMILES string of the molecule is CCCCNCCOC(=O)c1c(C)cccc1N.Cl. The van der Waals surface area contributed by atoms with E-state index in [-0.39, 0.29) is 18.4 Å².